The average molecular weight is 455 g/mol. The van der Waals surface area contributed by atoms with Crippen molar-refractivity contribution in [3.63, 3.8) is 0 Å². The molecule has 0 N–H and O–H groups in total. The summed E-state index contributed by atoms with van der Waals surface area (Å²) >= 11 is 2.90. The van der Waals surface area contributed by atoms with Crippen LogP contribution in [0.3, 0.4) is 0 Å². The van der Waals surface area contributed by atoms with Crippen molar-refractivity contribution in [2.24, 2.45) is 0 Å². The Morgan fingerprint density at radius 1 is 1.29 bits per heavy atom. The van der Waals surface area contributed by atoms with Gasteiger partial charge in [-0.05, 0) is 54.1 Å². The highest BCUT2D eigenvalue weighted by Gasteiger charge is 2.22. The topological polar surface area (TPSA) is 86.0 Å². The number of carbonyl (C=O) groups is 1. The van der Waals surface area contributed by atoms with Crippen molar-refractivity contribution in [1.29, 1.82) is 0 Å². The Balaban J connectivity index is 1.47. The van der Waals surface area contributed by atoms with Gasteiger partial charge in [0.05, 0.1) is 29.1 Å². The van der Waals surface area contributed by atoms with Gasteiger partial charge >= 0.3 is 0 Å². The molecule has 2 aromatic carbocycles. The maximum Gasteiger partial charge on any atom is 0.233 e. The minimum absolute atomic E-state index is 0.0255. The monoisotopic (exact) mass is 454 g/mol. The van der Waals surface area contributed by atoms with E-state index in [1.54, 1.807) is 35.1 Å². The molecule has 10 heteroatoms. The van der Waals surface area contributed by atoms with Crippen LogP contribution < -0.4 is 4.74 Å². The smallest absolute Gasteiger partial charge is 0.233 e. The van der Waals surface area contributed by atoms with Crippen LogP contribution >= 0.6 is 23.1 Å². The van der Waals surface area contributed by atoms with Gasteiger partial charge in [-0.1, -0.05) is 30.0 Å². The summed E-state index contributed by atoms with van der Waals surface area (Å²) < 4.78 is 8.16. The van der Waals surface area contributed by atoms with E-state index in [2.05, 4.69) is 20.5 Å². The Hall–Kier alpha value is -2.98. The molecule has 4 rings (SSSR count). The van der Waals surface area contributed by atoms with Gasteiger partial charge in [0.2, 0.25) is 11.1 Å². The molecule has 1 amide bonds. The maximum atomic E-state index is 12.9. The van der Waals surface area contributed by atoms with Crippen molar-refractivity contribution in [1.82, 2.24) is 30.1 Å². The summed E-state index contributed by atoms with van der Waals surface area (Å²) in [4.78, 5) is 19.3. The molecule has 0 saturated heterocycles. The molecule has 0 aliphatic rings. The molecule has 1 atom stereocenters. The Labute approximate surface area is 188 Å². The summed E-state index contributed by atoms with van der Waals surface area (Å²) in [5, 5.41) is 13.4. The number of amides is 1. The molecule has 31 heavy (non-hydrogen) atoms. The Morgan fingerprint density at radius 2 is 2.10 bits per heavy atom. The third-order valence-corrected chi connectivity index (χ3v) is 7.08. The number of tetrazole rings is 1. The number of methoxy groups -OCH3 is 1. The highest BCUT2D eigenvalue weighted by atomic mass is 32.2. The molecule has 1 unspecified atom stereocenters. The molecular formula is C21H22N6O2S2. The minimum Gasteiger partial charge on any atom is -0.494 e. The van der Waals surface area contributed by atoms with E-state index in [0.717, 1.165) is 26.5 Å². The van der Waals surface area contributed by atoms with Gasteiger partial charge in [0, 0.05) is 7.05 Å². The van der Waals surface area contributed by atoms with Gasteiger partial charge in [-0.3, -0.25) is 4.79 Å². The molecule has 4 aromatic rings. The zero-order valence-electron chi connectivity index (χ0n) is 17.6. The van der Waals surface area contributed by atoms with Gasteiger partial charge < -0.3 is 9.64 Å². The maximum absolute atomic E-state index is 12.9. The Bertz CT molecular complexity index is 1190. The van der Waals surface area contributed by atoms with E-state index in [1.165, 1.54) is 11.8 Å². The number of carbonyl (C=O) groups excluding carboxylic acids is 1. The standard InChI is InChI=1S/C21H22N6O2S2/c1-13-9-10-17(29-4)16(11-13)27-21(23-24-25-27)30-12-19(28)26(3)14(2)20-22-15-7-5-6-8-18(15)31-20/h5-11,14H,12H2,1-4H3. The quantitative estimate of drug-likeness (QED) is 0.392. The predicted molar refractivity (Wildman–Crippen MR) is 122 cm³/mol. The molecule has 160 valence electrons. The number of nitrogens with zero attached hydrogens (tertiary/aromatic N) is 6. The number of fused-ring (bicyclic) bond motifs is 1. The second-order valence-electron chi connectivity index (χ2n) is 7.04. The molecule has 0 spiro atoms. The van der Waals surface area contributed by atoms with Crippen LogP contribution in [0.1, 0.15) is 23.5 Å². The fourth-order valence-electron chi connectivity index (χ4n) is 3.06. The predicted octanol–water partition coefficient (Wildman–Crippen LogP) is 3.90. The lowest BCUT2D eigenvalue weighted by Gasteiger charge is -2.23. The van der Waals surface area contributed by atoms with Crippen molar-refractivity contribution in [2.75, 3.05) is 19.9 Å². The fraction of sp³-hybridized carbons (Fsp3) is 0.286. The van der Waals surface area contributed by atoms with Gasteiger partial charge in [-0.2, -0.15) is 4.68 Å². The van der Waals surface area contributed by atoms with E-state index in [0.29, 0.717) is 10.9 Å². The van der Waals surface area contributed by atoms with Crippen molar-refractivity contribution in [3.05, 3.63) is 53.0 Å². The molecular weight excluding hydrogens is 432 g/mol. The molecule has 2 aromatic heterocycles. The molecule has 0 fully saturated rings. The zero-order chi connectivity index (χ0) is 22.0. The highest BCUT2D eigenvalue weighted by Crippen LogP contribution is 2.30. The average Bonchev–Trinajstić information content (AvgIpc) is 3.43. The Morgan fingerprint density at radius 3 is 2.87 bits per heavy atom. The number of benzene rings is 2. The number of thiazole rings is 1. The molecule has 0 aliphatic heterocycles. The van der Waals surface area contributed by atoms with E-state index in [9.17, 15) is 4.79 Å². The van der Waals surface area contributed by atoms with Crippen molar-refractivity contribution in [2.45, 2.75) is 25.0 Å². The molecule has 0 saturated carbocycles. The number of aryl methyl sites for hydroxylation is 1. The summed E-state index contributed by atoms with van der Waals surface area (Å²) in [6.07, 6.45) is 0. The van der Waals surface area contributed by atoms with E-state index in [4.69, 9.17) is 4.74 Å². The lowest BCUT2D eigenvalue weighted by Crippen LogP contribution is -2.31. The highest BCUT2D eigenvalue weighted by molar-refractivity contribution is 7.99. The molecule has 8 nitrogen and oxygen atoms in total. The second-order valence-corrected chi connectivity index (χ2v) is 9.04. The van der Waals surface area contributed by atoms with Crippen LogP contribution in [0.4, 0.5) is 0 Å². The number of thioether (sulfide) groups is 1. The third-order valence-electron chi connectivity index (χ3n) is 4.97. The zero-order valence-corrected chi connectivity index (χ0v) is 19.3. The number of hydrogen-bond donors (Lipinski definition) is 0. The van der Waals surface area contributed by atoms with E-state index < -0.39 is 0 Å². The first-order valence-corrected chi connectivity index (χ1v) is 11.5. The fourth-order valence-corrected chi connectivity index (χ4v) is 4.93. The normalized spacial score (nSPS) is 12.1. The van der Waals surface area contributed by atoms with Crippen LogP contribution in [0, 0.1) is 6.92 Å². The van der Waals surface area contributed by atoms with E-state index in [-0.39, 0.29) is 17.7 Å². The van der Waals surface area contributed by atoms with E-state index in [1.807, 2.05) is 56.3 Å². The van der Waals surface area contributed by atoms with Gasteiger partial charge in [0.15, 0.2) is 0 Å². The summed E-state index contributed by atoms with van der Waals surface area (Å²) in [7, 11) is 3.40. The number of aromatic nitrogens is 5. The number of para-hydroxylation sites is 1. The van der Waals surface area contributed by atoms with Crippen molar-refractivity contribution in [3.8, 4) is 11.4 Å². The number of ether oxygens (including phenoxy) is 1. The van der Waals surface area contributed by atoms with E-state index >= 15 is 0 Å². The first kappa shape index (κ1) is 21.3. The largest absolute Gasteiger partial charge is 0.494 e. The molecule has 0 radical (unpaired) electrons. The van der Waals surface area contributed by atoms with Crippen LogP contribution in [0.15, 0.2) is 47.6 Å². The number of hydrogen-bond acceptors (Lipinski definition) is 8. The van der Waals surface area contributed by atoms with Crippen LogP contribution in [-0.4, -0.2) is 55.9 Å². The third kappa shape index (κ3) is 4.40. The number of rotatable bonds is 7. The van der Waals surface area contributed by atoms with Crippen LogP contribution in [0.2, 0.25) is 0 Å². The van der Waals surface area contributed by atoms with Gasteiger partial charge in [-0.25, -0.2) is 4.98 Å². The van der Waals surface area contributed by atoms with Gasteiger partial charge in [0.1, 0.15) is 16.4 Å². The lowest BCUT2D eigenvalue weighted by molar-refractivity contribution is -0.128. The Kier molecular flexibility index (Phi) is 6.19. The van der Waals surface area contributed by atoms with Crippen LogP contribution in [0.25, 0.3) is 15.9 Å². The second kappa shape index (κ2) is 9.03. The first-order chi connectivity index (χ1) is 15.0. The SMILES string of the molecule is COc1ccc(C)cc1-n1nnnc1SCC(=O)N(C)C(C)c1nc2ccccc2s1. The first-order valence-electron chi connectivity index (χ1n) is 9.65. The molecule has 0 bridgehead atoms. The lowest BCUT2D eigenvalue weighted by atomic mass is 10.2. The van der Waals surface area contributed by atoms with Crippen molar-refractivity contribution < 1.29 is 9.53 Å². The van der Waals surface area contributed by atoms with Crippen molar-refractivity contribution >= 4 is 39.2 Å². The summed E-state index contributed by atoms with van der Waals surface area (Å²) in [5.41, 5.74) is 2.75. The summed E-state index contributed by atoms with van der Waals surface area (Å²) in [6.45, 7) is 3.98. The van der Waals surface area contributed by atoms with Gasteiger partial charge in [-0.15, -0.1) is 16.4 Å². The summed E-state index contributed by atoms with van der Waals surface area (Å²) in [6, 6.07) is 13.6. The summed E-state index contributed by atoms with van der Waals surface area (Å²) in [5.74, 6) is 0.843. The molecule has 2 heterocycles. The minimum atomic E-state index is -0.127. The van der Waals surface area contributed by atoms with Crippen LogP contribution in [0.5, 0.6) is 5.75 Å². The van der Waals surface area contributed by atoms with Crippen LogP contribution in [-0.2, 0) is 4.79 Å². The molecule has 0 aliphatic carbocycles. The van der Waals surface area contributed by atoms with Gasteiger partial charge in [0.25, 0.3) is 0 Å².